The molecule has 0 bridgehead atoms. The van der Waals surface area contributed by atoms with E-state index in [1.54, 1.807) is 31.3 Å². The van der Waals surface area contributed by atoms with Crippen molar-refractivity contribution in [1.82, 2.24) is 15.1 Å². The van der Waals surface area contributed by atoms with Gasteiger partial charge in [0.15, 0.2) is 0 Å². The Hall–Kier alpha value is -3.74. The normalized spacial score (nSPS) is 10.3. The Morgan fingerprint density at radius 2 is 1.63 bits per heavy atom. The van der Waals surface area contributed by atoms with Crippen molar-refractivity contribution in [3.05, 3.63) is 93.9 Å². The lowest BCUT2D eigenvalue weighted by Gasteiger charge is -2.08. The molecular formula is C20H18N4O3. The average Bonchev–Trinajstić information content (AvgIpc) is 2.70. The second kappa shape index (κ2) is 8.09. The first-order valence-electron chi connectivity index (χ1n) is 8.32. The topological polar surface area (TPSA) is 93.1 Å². The van der Waals surface area contributed by atoms with E-state index in [1.165, 1.54) is 16.8 Å². The van der Waals surface area contributed by atoms with Crippen molar-refractivity contribution in [2.24, 2.45) is 0 Å². The van der Waals surface area contributed by atoms with Crippen LogP contribution in [0.3, 0.4) is 0 Å². The van der Waals surface area contributed by atoms with Gasteiger partial charge in [-0.1, -0.05) is 30.3 Å². The summed E-state index contributed by atoms with van der Waals surface area (Å²) in [6.07, 6.45) is 0. The molecular weight excluding hydrogens is 344 g/mol. The highest BCUT2D eigenvalue weighted by molar-refractivity contribution is 6.03. The van der Waals surface area contributed by atoms with Crippen LogP contribution in [0.15, 0.2) is 71.5 Å². The second-order valence-electron chi connectivity index (χ2n) is 5.81. The molecule has 2 amide bonds. The summed E-state index contributed by atoms with van der Waals surface area (Å²) in [6.45, 7) is 0.279. The van der Waals surface area contributed by atoms with E-state index in [0.29, 0.717) is 11.3 Å². The Kier molecular flexibility index (Phi) is 5.41. The van der Waals surface area contributed by atoms with Crippen molar-refractivity contribution in [3.8, 4) is 0 Å². The largest absolute Gasteiger partial charge is 0.355 e. The molecule has 1 heterocycles. The molecule has 27 heavy (non-hydrogen) atoms. The van der Waals surface area contributed by atoms with Crippen molar-refractivity contribution in [2.75, 3.05) is 12.4 Å². The Morgan fingerprint density at radius 3 is 2.30 bits per heavy atom. The van der Waals surface area contributed by atoms with Gasteiger partial charge in [0, 0.05) is 24.4 Å². The molecule has 0 unspecified atom stereocenters. The van der Waals surface area contributed by atoms with Gasteiger partial charge in [0.1, 0.15) is 5.69 Å². The molecule has 2 N–H and O–H groups in total. The van der Waals surface area contributed by atoms with Crippen LogP contribution in [0.2, 0.25) is 0 Å². The summed E-state index contributed by atoms with van der Waals surface area (Å²) in [5, 5.41) is 9.39. The molecule has 3 aromatic rings. The third-order valence-corrected chi connectivity index (χ3v) is 3.91. The quantitative estimate of drug-likeness (QED) is 0.725. The summed E-state index contributed by atoms with van der Waals surface area (Å²) in [7, 11) is 1.55. The highest BCUT2D eigenvalue weighted by atomic mass is 16.2. The molecule has 2 aromatic carbocycles. The number of benzene rings is 2. The third kappa shape index (κ3) is 4.46. The molecule has 0 aliphatic carbocycles. The van der Waals surface area contributed by atoms with Crippen molar-refractivity contribution in [3.63, 3.8) is 0 Å². The van der Waals surface area contributed by atoms with Gasteiger partial charge in [0.25, 0.3) is 17.4 Å². The maximum atomic E-state index is 12.4. The molecule has 7 heteroatoms. The third-order valence-electron chi connectivity index (χ3n) is 3.91. The molecule has 136 valence electrons. The minimum atomic E-state index is -0.440. The Labute approximate surface area is 155 Å². The van der Waals surface area contributed by atoms with Gasteiger partial charge in [-0.25, -0.2) is 4.68 Å². The Morgan fingerprint density at radius 1 is 0.926 bits per heavy atom. The summed E-state index contributed by atoms with van der Waals surface area (Å²) in [5.74, 6) is -0.646. The van der Waals surface area contributed by atoms with Crippen LogP contribution in [0.1, 0.15) is 26.4 Å². The van der Waals surface area contributed by atoms with Crippen molar-refractivity contribution >= 4 is 17.5 Å². The fourth-order valence-corrected chi connectivity index (χ4v) is 2.48. The van der Waals surface area contributed by atoms with E-state index in [-0.39, 0.29) is 23.7 Å². The van der Waals surface area contributed by atoms with E-state index in [0.717, 1.165) is 5.56 Å². The fourth-order valence-electron chi connectivity index (χ4n) is 2.48. The molecule has 1 aromatic heterocycles. The van der Waals surface area contributed by atoms with Crippen LogP contribution in [0.5, 0.6) is 0 Å². The molecule has 7 nitrogen and oxygen atoms in total. The number of hydrogen-bond acceptors (Lipinski definition) is 4. The van der Waals surface area contributed by atoms with Crippen molar-refractivity contribution in [1.29, 1.82) is 0 Å². The molecule has 0 radical (unpaired) electrons. The van der Waals surface area contributed by atoms with E-state index < -0.39 is 5.91 Å². The van der Waals surface area contributed by atoms with Gasteiger partial charge in [-0.3, -0.25) is 14.4 Å². The SMILES string of the molecule is CNC(=O)c1ccc(NC(=O)c2ccc(=O)n(Cc3ccccc3)n2)cc1. The number of anilines is 1. The maximum Gasteiger partial charge on any atom is 0.276 e. The summed E-state index contributed by atoms with van der Waals surface area (Å²) in [6, 6.07) is 18.6. The van der Waals surface area contributed by atoms with Crippen LogP contribution in [-0.2, 0) is 6.54 Å². The fraction of sp³-hybridized carbons (Fsp3) is 0.100. The van der Waals surface area contributed by atoms with Gasteiger partial charge < -0.3 is 10.6 Å². The van der Waals surface area contributed by atoms with Gasteiger partial charge in [-0.15, -0.1) is 0 Å². The Bertz CT molecular complexity index is 1010. The van der Waals surface area contributed by atoms with E-state index in [2.05, 4.69) is 15.7 Å². The van der Waals surface area contributed by atoms with Crippen LogP contribution in [0.25, 0.3) is 0 Å². The number of aromatic nitrogens is 2. The molecule has 3 rings (SSSR count). The maximum absolute atomic E-state index is 12.4. The number of hydrogen-bond donors (Lipinski definition) is 2. The molecule has 0 aliphatic rings. The smallest absolute Gasteiger partial charge is 0.276 e. The van der Waals surface area contributed by atoms with E-state index in [9.17, 15) is 14.4 Å². The standard InChI is InChI=1S/C20H18N4O3/c1-21-19(26)15-7-9-16(10-8-15)22-20(27)17-11-12-18(25)24(23-17)13-14-5-3-2-4-6-14/h2-12H,13H2,1H3,(H,21,26)(H,22,27). The molecule has 0 fully saturated rings. The number of carbonyl (C=O) groups is 2. The van der Waals surface area contributed by atoms with Crippen LogP contribution in [0, 0.1) is 0 Å². The predicted molar refractivity (Wildman–Crippen MR) is 102 cm³/mol. The average molecular weight is 362 g/mol. The lowest BCUT2D eigenvalue weighted by Crippen LogP contribution is -2.26. The second-order valence-corrected chi connectivity index (χ2v) is 5.81. The highest BCUT2D eigenvalue weighted by Crippen LogP contribution is 2.11. The molecule has 0 spiro atoms. The van der Waals surface area contributed by atoms with E-state index in [1.807, 2.05) is 30.3 Å². The number of nitrogens with zero attached hydrogens (tertiary/aromatic N) is 2. The molecule has 0 saturated heterocycles. The van der Waals surface area contributed by atoms with Gasteiger partial charge in [0.2, 0.25) is 0 Å². The van der Waals surface area contributed by atoms with Gasteiger partial charge >= 0.3 is 0 Å². The summed E-state index contributed by atoms with van der Waals surface area (Å²) in [4.78, 5) is 36.0. The van der Waals surface area contributed by atoms with E-state index >= 15 is 0 Å². The van der Waals surface area contributed by atoms with Crippen molar-refractivity contribution < 1.29 is 9.59 Å². The predicted octanol–water partition coefficient (Wildman–Crippen LogP) is 1.90. The minimum absolute atomic E-state index is 0.126. The van der Waals surface area contributed by atoms with Crippen LogP contribution in [0.4, 0.5) is 5.69 Å². The van der Waals surface area contributed by atoms with Crippen LogP contribution < -0.4 is 16.2 Å². The van der Waals surface area contributed by atoms with Crippen molar-refractivity contribution in [2.45, 2.75) is 6.54 Å². The molecule has 0 aliphatic heterocycles. The van der Waals surface area contributed by atoms with Crippen LogP contribution >= 0.6 is 0 Å². The van der Waals surface area contributed by atoms with Crippen LogP contribution in [-0.4, -0.2) is 28.6 Å². The summed E-state index contributed by atoms with van der Waals surface area (Å²) >= 11 is 0. The van der Waals surface area contributed by atoms with Gasteiger partial charge in [0.05, 0.1) is 6.54 Å². The lowest BCUT2D eigenvalue weighted by atomic mass is 10.2. The lowest BCUT2D eigenvalue weighted by molar-refractivity contribution is 0.0962. The summed E-state index contributed by atoms with van der Waals surface area (Å²) < 4.78 is 1.25. The zero-order chi connectivity index (χ0) is 19.2. The number of nitrogens with one attached hydrogen (secondary N) is 2. The number of amides is 2. The minimum Gasteiger partial charge on any atom is -0.355 e. The molecule has 0 atom stereocenters. The monoisotopic (exact) mass is 362 g/mol. The summed E-state index contributed by atoms with van der Waals surface area (Å²) in [5.41, 5.74) is 1.76. The van der Waals surface area contributed by atoms with Gasteiger partial charge in [-0.05, 0) is 35.9 Å². The Balaban J connectivity index is 1.76. The number of rotatable bonds is 5. The first-order valence-corrected chi connectivity index (χ1v) is 8.32. The molecule has 0 saturated carbocycles. The zero-order valence-electron chi connectivity index (χ0n) is 14.7. The first-order chi connectivity index (χ1) is 13.1. The first kappa shape index (κ1) is 18.1. The van der Waals surface area contributed by atoms with E-state index in [4.69, 9.17) is 0 Å². The zero-order valence-corrected chi connectivity index (χ0v) is 14.7. The van der Waals surface area contributed by atoms with Gasteiger partial charge in [-0.2, -0.15) is 5.10 Å². The highest BCUT2D eigenvalue weighted by Gasteiger charge is 2.11. The number of carbonyl (C=O) groups excluding carboxylic acids is 2.